The number of nitrogens with zero attached hydrogens (tertiary/aromatic N) is 4. The maximum absolute atomic E-state index is 12.5. The van der Waals surface area contributed by atoms with Gasteiger partial charge in [-0.1, -0.05) is 0 Å². The van der Waals surface area contributed by atoms with E-state index in [1.807, 2.05) is 21.9 Å². The fraction of sp³-hybridized carbons (Fsp3) is 0.611. The molecule has 0 aliphatic carbocycles. The number of hydrogen-bond donors (Lipinski definition) is 0. The molecule has 3 amide bonds. The smallest absolute Gasteiger partial charge is 0.320 e. The molecule has 1 spiro atoms. The van der Waals surface area contributed by atoms with E-state index in [9.17, 15) is 9.59 Å². The van der Waals surface area contributed by atoms with Crippen LogP contribution in [0, 0.1) is 0 Å². The van der Waals surface area contributed by atoms with Gasteiger partial charge in [0.15, 0.2) is 0 Å². The quantitative estimate of drug-likeness (QED) is 0.774. The molecule has 0 atom stereocenters. The van der Waals surface area contributed by atoms with Gasteiger partial charge in [0.2, 0.25) is 0 Å². The van der Waals surface area contributed by atoms with Gasteiger partial charge in [-0.3, -0.25) is 9.78 Å². The Morgan fingerprint density at radius 3 is 2.52 bits per heavy atom. The molecule has 0 aromatic carbocycles. The van der Waals surface area contributed by atoms with E-state index in [0.717, 1.165) is 44.5 Å². The van der Waals surface area contributed by atoms with Gasteiger partial charge in [-0.15, -0.1) is 0 Å². The van der Waals surface area contributed by atoms with Gasteiger partial charge >= 0.3 is 6.03 Å². The van der Waals surface area contributed by atoms with E-state index < -0.39 is 0 Å². The van der Waals surface area contributed by atoms with Crippen LogP contribution in [-0.2, 0) is 9.53 Å². The summed E-state index contributed by atoms with van der Waals surface area (Å²) in [6.07, 6.45) is 7.15. The summed E-state index contributed by atoms with van der Waals surface area (Å²) in [5.41, 5.74) is 0.455. The molecule has 1 aromatic heterocycles. The molecule has 0 bridgehead atoms. The highest BCUT2D eigenvalue weighted by atomic mass is 16.5. The van der Waals surface area contributed by atoms with Crippen LogP contribution in [0.15, 0.2) is 24.5 Å². The number of urea groups is 1. The molecule has 4 heterocycles. The van der Waals surface area contributed by atoms with Gasteiger partial charge in [0, 0.05) is 32.4 Å². The van der Waals surface area contributed by atoms with Gasteiger partial charge in [-0.2, -0.15) is 0 Å². The Kier molecular flexibility index (Phi) is 4.33. The van der Waals surface area contributed by atoms with Crippen LogP contribution in [0.5, 0.6) is 0 Å². The second-order valence-corrected chi connectivity index (χ2v) is 7.13. The largest absolute Gasteiger partial charge is 0.363 e. The average molecular weight is 344 g/mol. The summed E-state index contributed by atoms with van der Waals surface area (Å²) in [7, 11) is 0. The van der Waals surface area contributed by atoms with Gasteiger partial charge in [0.1, 0.15) is 6.61 Å². The van der Waals surface area contributed by atoms with E-state index >= 15 is 0 Å². The Bertz CT molecular complexity index is 637. The molecular weight excluding hydrogens is 320 g/mol. The van der Waals surface area contributed by atoms with Crippen molar-refractivity contribution in [2.45, 2.75) is 31.3 Å². The van der Waals surface area contributed by atoms with Crippen LogP contribution in [0.4, 0.5) is 10.5 Å². The highest BCUT2D eigenvalue weighted by Gasteiger charge is 2.44. The molecule has 0 saturated carbocycles. The minimum absolute atomic E-state index is 0.0332. The van der Waals surface area contributed by atoms with E-state index in [1.54, 1.807) is 17.3 Å². The van der Waals surface area contributed by atoms with Gasteiger partial charge in [-0.25, -0.2) is 4.79 Å². The summed E-state index contributed by atoms with van der Waals surface area (Å²) in [6, 6.07) is 3.89. The third-order valence-electron chi connectivity index (χ3n) is 5.53. The van der Waals surface area contributed by atoms with E-state index in [1.165, 1.54) is 0 Å². The summed E-state index contributed by atoms with van der Waals surface area (Å²) >= 11 is 0. The SMILES string of the molecule is O=C(N1CCCC1)N1CCC2(CC1)CN(c1cccnc1)C(=O)CO2. The molecule has 0 N–H and O–H groups in total. The standard InChI is InChI=1S/C18H24N4O3/c23-16-13-25-18(14-22(16)15-4-3-7-19-12-15)5-10-21(11-6-18)17(24)20-8-1-2-9-20/h3-4,7,12H,1-2,5-6,8-11,13-14H2. The molecule has 134 valence electrons. The molecule has 25 heavy (non-hydrogen) atoms. The fourth-order valence-corrected chi connectivity index (χ4v) is 3.98. The molecule has 4 rings (SSSR count). The van der Waals surface area contributed by atoms with Crippen LogP contribution >= 0.6 is 0 Å². The van der Waals surface area contributed by atoms with E-state index in [4.69, 9.17) is 4.74 Å². The van der Waals surface area contributed by atoms with Crippen molar-refractivity contribution in [2.75, 3.05) is 44.2 Å². The Hall–Kier alpha value is -2.15. The van der Waals surface area contributed by atoms with Gasteiger partial charge in [-0.05, 0) is 37.8 Å². The summed E-state index contributed by atoms with van der Waals surface area (Å²) in [6.45, 7) is 3.74. The zero-order valence-corrected chi connectivity index (χ0v) is 14.4. The number of amides is 3. The minimum atomic E-state index is -0.356. The lowest BCUT2D eigenvalue weighted by atomic mass is 9.89. The van der Waals surface area contributed by atoms with Gasteiger partial charge in [0.05, 0.1) is 24.0 Å². The third-order valence-corrected chi connectivity index (χ3v) is 5.53. The summed E-state index contributed by atoms with van der Waals surface area (Å²) in [5.74, 6) is -0.0332. The number of rotatable bonds is 1. The first-order valence-corrected chi connectivity index (χ1v) is 9.05. The van der Waals surface area contributed by atoms with Crippen LogP contribution in [0.25, 0.3) is 0 Å². The van der Waals surface area contributed by atoms with Crippen LogP contribution < -0.4 is 4.90 Å². The van der Waals surface area contributed by atoms with Gasteiger partial charge in [0.25, 0.3) is 5.91 Å². The molecule has 7 heteroatoms. The molecule has 7 nitrogen and oxygen atoms in total. The Morgan fingerprint density at radius 1 is 1.12 bits per heavy atom. The lowest BCUT2D eigenvalue weighted by molar-refractivity contribution is -0.143. The van der Waals surface area contributed by atoms with E-state index in [0.29, 0.717) is 19.6 Å². The lowest BCUT2D eigenvalue weighted by Gasteiger charge is -2.47. The fourth-order valence-electron chi connectivity index (χ4n) is 3.98. The number of aromatic nitrogens is 1. The minimum Gasteiger partial charge on any atom is -0.363 e. The maximum atomic E-state index is 12.5. The van der Waals surface area contributed by atoms with Crippen molar-refractivity contribution >= 4 is 17.6 Å². The highest BCUT2D eigenvalue weighted by molar-refractivity contribution is 5.95. The topological polar surface area (TPSA) is 66.0 Å². The number of morpholine rings is 1. The van der Waals surface area contributed by atoms with Crippen LogP contribution in [-0.4, -0.2) is 71.7 Å². The first-order valence-electron chi connectivity index (χ1n) is 9.05. The van der Waals surface area contributed by atoms with E-state index in [-0.39, 0.29) is 24.1 Å². The van der Waals surface area contributed by atoms with Crippen LogP contribution in [0.3, 0.4) is 0 Å². The molecule has 0 unspecified atom stereocenters. The maximum Gasteiger partial charge on any atom is 0.320 e. The third kappa shape index (κ3) is 3.20. The number of anilines is 1. The summed E-state index contributed by atoms with van der Waals surface area (Å²) in [4.78, 5) is 34.6. The van der Waals surface area contributed by atoms with Crippen molar-refractivity contribution < 1.29 is 14.3 Å². The molecule has 3 aliphatic rings. The monoisotopic (exact) mass is 344 g/mol. The second kappa shape index (κ2) is 6.63. The normalized spacial score (nSPS) is 23.4. The van der Waals surface area contributed by atoms with Crippen molar-refractivity contribution in [3.63, 3.8) is 0 Å². The van der Waals surface area contributed by atoms with Crippen LogP contribution in [0.2, 0.25) is 0 Å². The first kappa shape index (κ1) is 16.3. The summed E-state index contributed by atoms with van der Waals surface area (Å²) in [5, 5.41) is 0. The average Bonchev–Trinajstić information content (AvgIpc) is 3.20. The lowest BCUT2D eigenvalue weighted by Crippen LogP contribution is -2.60. The Balaban J connectivity index is 1.41. The van der Waals surface area contributed by atoms with E-state index in [2.05, 4.69) is 4.98 Å². The van der Waals surface area contributed by atoms with Crippen molar-refractivity contribution in [1.29, 1.82) is 0 Å². The number of carbonyl (C=O) groups excluding carboxylic acids is 2. The number of ether oxygens (including phenoxy) is 1. The first-order chi connectivity index (χ1) is 12.2. The highest BCUT2D eigenvalue weighted by Crippen LogP contribution is 2.33. The van der Waals surface area contributed by atoms with Crippen molar-refractivity contribution in [1.82, 2.24) is 14.8 Å². The predicted octanol–water partition coefficient (Wildman–Crippen LogP) is 1.50. The van der Waals surface area contributed by atoms with Crippen molar-refractivity contribution in [3.8, 4) is 0 Å². The Morgan fingerprint density at radius 2 is 1.84 bits per heavy atom. The molecule has 3 aliphatic heterocycles. The van der Waals surface area contributed by atoms with Crippen molar-refractivity contribution in [3.05, 3.63) is 24.5 Å². The number of hydrogen-bond acceptors (Lipinski definition) is 4. The number of carbonyl (C=O) groups is 2. The zero-order valence-electron chi connectivity index (χ0n) is 14.4. The molecule has 3 saturated heterocycles. The molecule has 1 aromatic rings. The predicted molar refractivity (Wildman–Crippen MR) is 92.3 cm³/mol. The number of likely N-dealkylation sites (tertiary alicyclic amines) is 2. The molecule has 0 radical (unpaired) electrons. The van der Waals surface area contributed by atoms with Crippen molar-refractivity contribution in [2.24, 2.45) is 0 Å². The summed E-state index contributed by atoms with van der Waals surface area (Å²) < 4.78 is 5.96. The number of piperidine rings is 1. The Labute approximate surface area is 147 Å². The zero-order chi connectivity index (χ0) is 17.3. The number of pyridine rings is 1. The molecular formula is C18H24N4O3. The molecule has 3 fully saturated rings. The van der Waals surface area contributed by atoms with Gasteiger partial charge < -0.3 is 19.4 Å². The van der Waals surface area contributed by atoms with Crippen LogP contribution in [0.1, 0.15) is 25.7 Å². The second-order valence-electron chi connectivity index (χ2n) is 7.13.